The minimum atomic E-state index is -0.482. The normalized spacial score (nSPS) is 14.1. The van der Waals surface area contributed by atoms with Crippen molar-refractivity contribution in [3.05, 3.63) is 0 Å². The Morgan fingerprint density at radius 3 is 2.33 bits per heavy atom. The summed E-state index contributed by atoms with van der Waals surface area (Å²) in [5.74, 6) is -0.670. The Morgan fingerprint density at radius 1 is 1.58 bits per heavy atom. The summed E-state index contributed by atoms with van der Waals surface area (Å²) in [5, 5.41) is 11.5. The fourth-order valence-electron chi connectivity index (χ4n) is 0.736. The molecule has 0 rings (SSSR count). The number of aliphatic hydroxyl groups is 1. The van der Waals surface area contributed by atoms with Crippen LogP contribution >= 0.6 is 0 Å². The lowest BCUT2D eigenvalue weighted by atomic mass is 10.1. The molecule has 4 N–H and O–H groups in total. The average Bonchev–Trinajstić information content (AvgIpc) is 1.85. The van der Waals surface area contributed by atoms with E-state index in [0.717, 1.165) is 0 Å². The number of amides is 1. The zero-order chi connectivity index (χ0) is 9.78. The van der Waals surface area contributed by atoms with Gasteiger partial charge in [-0.2, -0.15) is 0 Å². The summed E-state index contributed by atoms with van der Waals surface area (Å²) in [6.07, 6.45) is 0. The molecule has 0 saturated carbocycles. The maximum absolute atomic E-state index is 11.3. The lowest BCUT2D eigenvalue weighted by Gasteiger charge is -2.23. The highest BCUT2D eigenvalue weighted by Gasteiger charge is 2.20. The molecule has 4 heteroatoms. The zero-order valence-electron chi connectivity index (χ0n) is 7.92. The number of rotatable bonds is 3. The van der Waals surface area contributed by atoms with Crippen molar-refractivity contribution in [2.75, 3.05) is 13.2 Å². The second-order valence-electron chi connectivity index (χ2n) is 3.85. The van der Waals surface area contributed by atoms with Crippen molar-refractivity contribution in [3.63, 3.8) is 0 Å². The summed E-state index contributed by atoms with van der Waals surface area (Å²) in [6, 6.07) is 0. The summed E-state index contributed by atoms with van der Waals surface area (Å²) in [6.45, 7) is 5.64. The first-order valence-corrected chi connectivity index (χ1v) is 4.03. The van der Waals surface area contributed by atoms with Crippen LogP contribution in [0, 0.1) is 5.92 Å². The standard InChI is InChI=1S/C8H18N2O2/c1-8(2,3)10-7(12)6(4-9)5-11/h6,11H,4-5,9H2,1-3H3,(H,10,12)/t6-/m1/s1. The Morgan fingerprint density at radius 2 is 2.08 bits per heavy atom. The number of aliphatic hydroxyl groups excluding tert-OH is 1. The maximum Gasteiger partial charge on any atom is 0.227 e. The molecule has 72 valence electrons. The quantitative estimate of drug-likeness (QED) is 0.538. The number of nitrogens with two attached hydrogens (primary N) is 1. The first-order valence-electron chi connectivity index (χ1n) is 4.03. The second-order valence-corrected chi connectivity index (χ2v) is 3.85. The topological polar surface area (TPSA) is 75.4 Å². The van der Waals surface area contributed by atoms with Crippen LogP contribution in [0.25, 0.3) is 0 Å². The van der Waals surface area contributed by atoms with Crippen LogP contribution in [0.5, 0.6) is 0 Å². The predicted octanol–water partition coefficient (Wildman–Crippen LogP) is -0.532. The first kappa shape index (κ1) is 11.4. The minimum Gasteiger partial charge on any atom is -0.395 e. The minimum absolute atomic E-state index is 0.179. The Labute approximate surface area is 73.1 Å². The summed E-state index contributed by atoms with van der Waals surface area (Å²) in [5.41, 5.74) is 5.02. The van der Waals surface area contributed by atoms with Crippen LogP contribution in [0.4, 0.5) is 0 Å². The van der Waals surface area contributed by atoms with E-state index in [9.17, 15) is 4.79 Å². The van der Waals surface area contributed by atoms with Gasteiger partial charge in [0.2, 0.25) is 5.91 Å². The molecule has 1 atom stereocenters. The van der Waals surface area contributed by atoms with E-state index < -0.39 is 5.92 Å². The van der Waals surface area contributed by atoms with E-state index >= 15 is 0 Å². The molecular weight excluding hydrogens is 156 g/mol. The van der Waals surface area contributed by atoms with E-state index in [1.54, 1.807) is 0 Å². The fourth-order valence-corrected chi connectivity index (χ4v) is 0.736. The SMILES string of the molecule is CC(C)(C)NC(=O)[C@H](CN)CO. The van der Waals surface area contributed by atoms with Crippen molar-refractivity contribution in [3.8, 4) is 0 Å². The van der Waals surface area contributed by atoms with Crippen LogP contribution in [-0.2, 0) is 4.79 Å². The first-order chi connectivity index (χ1) is 5.40. The molecule has 0 aliphatic heterocycles. The van der Waals surface area contributed by atoms with E-state index in [1.165, 1.54) is 0 Å². The van der Waals surface area contributed by atoms with Gasteiger partial charge in [-0.1, -0.05) is 0 Å². The number of carbonyl (C=O) groups excluding carboxylic acids is 1. The van der Waals surface area contributed by atoms with Crippen molar-refractivity contribution < 1.29 is 9.90 Å². The average molecular weight is 174 g/mol. The monoisotopic (exact) mass is 174 g/mol. The number of nitrogens with one attached hydrogen (secondary N) is 1. The van der Waals surface area contributed by atoms with Gasteiger partial charge in [-0.3, -0.25) is 4.79 Å². The molecule has 4 nitrogen and oxygen atoms in total. The maximum atomic E-state index is 11.3. The van der Waals surface area contributed by atoms with Gasteiger partial charge in [0.15, 0.2) is 0 Å². The van der Waals surface area contributed by atoms with Crippen LogP contribution in [0.15, 0.2) is 0 Å². The Bertz CT molecular complexity index is 148. The highest BCUT2D eigenvalue weighted by molar-refractivity contribution is 5.79. The molecule has 0 aliphatic rings. The smallest absolute Gasteiger partial charge is 0.227 e. The highest BCUT2D eigenvalue weighted by atomic mass is 16.3. The van der Waals surface area contributed by atoms with Gasteiger partial charge in [0, 0.05) is 12.1 Å². The van der Waals surface area contributed by atoms with E-state index in [-0.39, 0.29) is 24.6 Å². The molecule has 0 spiro atoms. The van der Waals surface area contributed by atoms with E-state index in [1.807, 2.05) is 20.8 Å². The molecule has 0 aromatic heterocycles. The summed E-state index contributed by atoms with van der Waals surface area (Å²) in [7, 11) is 0. The molecule has 0 aliphatic carbocycles. The van der Waals surface area contributed by atoms with Crippen molar-refractivity contribution in [1.82, 2.24) is 5.32 Å². The van der Waals surface area contributed by atoms with Crippen LogP contribution in [0.3, 0.4) is 0 Å². The van der Waals surface area contributed by atoms with Crippen LogP contribution in [0.2, 0.25) is 0 Å². The third-order valence-corrected chi connectivity index (χ3v) is 1.37. The van der Waals surface area contributed by atoms with Gasteiger partial charge in [-0.15, -0.1) is 0 Å². The van der Waals surface area contributed by atoms with Crippen LogP contribution in [0.1, 0.15) is 20.8 Å². The lowest BCUT2D eigenvalue weighted by Crippen LogP contribution is -2.46. The molecule has 1 amide bonds. The molecule has 0 aromatic carbocycles. The number of hydrogen-bond acceptors (Lipinski definition) is 3. The summed E-state index contributed by atoms with van der Waals surface area (Å²) >= 11 is 0. The molecular formula is C8H18N2O2. The Kier molecular flexibility index (Phi) is 4.20. The fraction of sp³-hybridized carbons (Fsp3) is 0.875. The molecule has 0 bridgehead atoms. The number of carbonyl (C=O) groups is 1. The van der Waals surface area contributed by atoms with Gasteiger partial charge in [0.1, 0.15) is 0 Å². The van der Waals surface area contributed by atoms with Crippen LogP contribution < -0.4 is 11.1 Å². The van der Waals surface area contributed by atoms with E-state index in [0.29, 0.717) is 0 Å². The molecule has 0 heterocycles. The summed E-state index contributed by atoms with van der Waals surface area (Å²) < 4.78 is 0. The Hall–Kier alpha value is -0.610. The van der Waals surface area contributed by atoms with Gasteiger partial charge in [0.25, 0.3) is 0 Å². The number of hydrogen-bond donors (Lipinski definition) is 3. The summed E-state index contributed by atoms with van der Waals surface area (Å²) in [4.78, 5) is 11.3. The Balaban J connectivity index is 4.02. The van der Waals surface area contributed by atoms with Crippen molar-refractivity contribution in [1.29, 1.82) is 0 Å². The van der Waals surface area contributed by atoms with E-state index in [2.05, 4.69) is 5.32 Å². The third kappa shape index (κ3) is 4.31. The molecule has 0 unspecified atom stereocenters. The van der Waals surface area contributed by atoms with Gasteiger partial charge in [-0.25, -0.2) is 0 Å². The third-order valence-electron chi connectivity index (χ3n) is 1.37. The predicted molar refractivity (Wildman–Crippen MR) is 47.5 cm³/mol. The van der Waals surface area contributed by atoms with Crippen molar-refractivity contribution >= 4 is 5.91 Å². The molecule has 0 aromatic rings. The molecule has 0 saturated heterocycles. The second kappa shape index (κ2) is 4.42. The largest absolute Gasteiger partial charge is 0.395 e. The van der Waals surface area contributed by atoms with Gasteiger partial charge in [-0.05, 0) is 20.8 Å². The van der Waals surface area contributed by atoms with Gasteiger partial charge >= 0.3 is 0 Å². The molecule has 0 radical (unpaired) electrons. The highest BCUT2D eigenvalue weighted by Crippen LogP contribution is 2.01. The molecule has 12 heavy (non-hydrogen) atoms. The van der Waals surface area contributed by atoms with Crippen LogP contribution in [-0.4, -0.2) is 29.7 Å². The van der Waals surface area contributed by atoms with Crippen molar-refractivity contribution in [2.45, 2.75) is 26.3 Å². The van der Waals surface area contributed by atoms with E-state index in [4.69, 9.17) is 10.8 Å². The van der Waals surface area contributed by atoms with Gasteiger partial charge < -0.3 is 16.2 Å². The van der Waals surface area contributed by atoms with Crippen molar-refractivity contribution in [2.24, 2.45) is 11.7 Å². The lowest BCUT2D eigenvalue weighted by molar-refractivity contribution is -0.127. The van der Waals surface area contributed by atoms with Gasteiger partial charge in [0.05, 0.1) is 12.5 Å². The zero-order valence-corrected chi connectivity index (χ0v) is 7.92. The molecule has 0 fully saturated rings.